The number of imide groups is 1. The number of amides is 3. The largest absolute Gasteiger partial charge is 0.339 e. The molecule has 7 heteroatoms. The summed E-state index contributed by atoms with van der Waals surface area (Å²) in [6, 6.07) is 3.21. The van der Waals surface area contributed by atoms with Crippen molar-refractivity contribution >= 4 is 45.0 Å². The summed E-state index contributed by atoms with van der Waals surface area (Å²) in [4.78, 5) is 43.1. The molecule has 1 aliphatic heterocycles. The van der Waals surface area contributed by atoms with Crippen LogP contribution in [-0.2, 0) is 20.9 Å². The van der Waals surface area contributed by atoms with Crippen LogP contribution in [0.2, 0.25) is 0 Å². The highest BCUT2D eigenvalue weighted by molar-refractivity contribution is 9.11. The van der Waals surface area contributed by atoms with Gasteiger partial charge >= 0.3 is 0 Å². The van der Waals surface area contributed by atoms with Crippen molar-refractivity contribution in [1.29, 1.82) is 0 Å². The minimum atomic E-state index is -0.719. The molecule has 3 atom stereocenters. The van der Waals surface area contributed by atoms with Crippen LogP contribution in [0.25, 0.3) is 0 Å². The van der Waals surface area contributed by atoms with E-state index >= 15 is 0 Å². The van der Waals surface area contributed by atoms with Gasteiger partial charge in [-0.1, -0.05) is 26.0 Å². The Bertz CT molecular complexity index is 747. The molecule has 0 aromatic carbocycles. The molecule has 2 heterocycles. The van der Waals surface area contributed by atoms with E-state index in [9.17, 15) is 14.4 Å². The van der Waals surface area contributed by atoms with Gasteiger partial charge in [0.25, 0.3) is 0 Å². The van der Waals surface area contributed by atoms with Gasteiger partial charge in [0.15, 0.2) is 0 Å². The Kier molecular flexibility index (Phi) is 6.21. The molecular weight excluding hydrogens is 428 g/mol. The average molecular weight is 453 g/mol. The molecule has 0 radical (unpaired) electrons. The van der Waals surface area contributed by atoms with Gasteiger partial charge in [-0.2, -0.15) is 0 Å². The van der Waals surface area contributed by atoms with Crippen LogP contribution < -0.4 is 0 Å². The molecule has 0 saturated carbocycles. The Labute approximate surface area is 172 Å². The highest BCUT2D eigenvalue weighted by Gasteiger charge is 2.51. The van der Waals surface area contributed by atoms with Gasteiger partial charge in [-0.15, -0.1) is 11.3 Å². The van der Waals surface area contributed by atoms with E-state index in [1.165, 1.54) is 4.90 Å². The number of hydrogen-bond donors (Lipinski definition) is 0. The summed E-state index contributed by atoms with van der Waals surface area (Å²) in [7, 11) is 1.74. The van der Waals surface area contributed by atoms with Crippen LogP contribution in [0, 0.1) is 17.8 Å². The quantitative estimate of drug-likeness (QED) is 0.486. The van der Waals surface area contributed by atoms with E-state index < -0.39 is 6.04 Å². The maximum absolute atomic E-state index is 13.2. The lowest BCUT2D eigenvalue weighted by Gasteiger charge is -2.30. The molecule has 5 nitrogen and oxygen atoms in total. The number of nitrogens with zero attached hydrogens (tertiary/aromatic N) is 2. The van der Waals surface area contributed by atoms with E-state index in [0.29, 0.717) is 25.8 Å². The van der Waals surface area contributed by atoms with Crippen molar-refractivity contribution < 1.29 is 14.4 Å². The lowest BCUT2D eigenvalue weighted by atomic mass is 9.85. The molecule has 1 aliphatic carbocycles. The standard InChI is InChI=1S/C20H25BrN2O3S/c1-12(2)10-16(20(26)22(3)11-13-8-9-17(21)27-13)23-18(24)14-6-4-5-7-15(14)19(23)25/h4-5,8-9,12,14-16H,6-7,10-11H2,1-3H3. The fraction of sp³-hybridized carbons (Fsp3) is 0.550. The van der Waals surface area contributed by atoms with Crippen LogP contribution in [-0.4, -0.2) is 40.6 Å². The van der Waals surface area contributed by atoms with Crippen LogP contribution in [0.5, 0.6) is 0 Å². The minimum absolute atomic E-state index is 0.165. The Morgan fingerprint density at radius 1 is 1.22 bits per heavy atom. The molecule has 3 unspecified atom stereocenters. The van der Waals surface area contributed by atoms with E-state index in [1.807, 2.05) is 38.1 Å². The molecule has 0 bridgehead atoms. The molecule has 3 rings (SSSR count). The third-order valence-corrected chi connectivity index (χ3v) is 6.84. The number of thiophene rings is 1. The minimum Gasteiger partial charge on any atom is -0.339 e. The fourth-order valence-corrected chi connectivity index (χ4v) is 5.44. The first kappa shape index (κ1) is 20.3. The van der Waals surface area contributed by atoms with Crippen LogP contribution in [0.3, 0.4) is 0 Å². The first-order valence-electron chi connectivity index (χ1n) is 9.30. The molecule has 0 spiro atoms. The summed E-state index contributed by atoms with van der Waals surface area (Å²) in [5, 5.41) is 0. The Balaban J connectivity index is 1.81. The summed E-state index contributed by atoms with van der Waals surface area (Å²) in [6.07, 6.45) is 5.61. The lowest BCUT2D eigenvalue weighted by molar-refractivity contribution is -0.152. The van der Waals surface area contributed by atoms with E-state index in [2.05, 4.69) is 15.9 Å². The predicted molar refractivity (Wildman–Crippen MR) is 109 cm³/mol. The number of halogens is 1. The number of likely N-dealkylation sites (tertiary alicyclic amines) is 1. The second-order valence-electron chi connectivity index (χ2n) is 7.75. The van der Waals surface area contributed by atoms with Gasteiger partial charge in [-0.05, 0) is 53.2 Å². The van der Waals surface area contributed by atoms with Crippen molar-refractivity contribution in [3.05, 3.63) is 32.9 Å². The summed E-state index contributed by atoms with van der Waals surface area (Å²) in [5.74, 6) is -0.931. The summed E-state index contributed by atoms with van der Waals surface area (Å²) < 4.78 is 1.01. The van der Waals surface area contributed by atoms with Crippen LogP contribution in [0.4, 0.5) is 0 Å². The Hall–Kier alpha value is -1.47. The number of fused-ring (bicyclic) bond motifs is 1. The molecule has 27 heavy (non-hydrogen) atoms. The van der Waals surface area contributed by atoms with E-state index in [4.69, 9.17) is 0 Å². The number of carbonyl (C=O) groups is 3. The molecule has 1 aromatic heterocycles. The van der Waals surface area contributed by atoms with Gasteiger partial charge in [-0.3, -0.25) is 19.3 Å². The molecule has 2 aliphatic rings. The summed E-state index contributed by atoms with van der Waals surface area (Å²) in [6.45, 7) is 4.49. The van der Waals surface area contributed by atoms with Crippen molar-refractivity contribution in [1.82, 2.24) is 9.80 Å². The zero-order valence-corrected chi connectivity index (χ0v) is 18.3. The van der Waals surface area contributed by atoms with Crippen molar-refractivity contribution in [2.24, 2.45) is 17.8 Å². The third-order valence-electron chi connectivity index (χ3n) is 5.23. The second kappa shape index (κ2) is 8.27. The molecular formula is C20H25BrN2O3S. The number of hydrogen-bond acceptors (Lipinski definition) is 4. The second-order valence-corrected chi connectivity index (χ2v) is 10.3. The van der Waals surface area contributed by atoms with Crippen LogP contribution >= 0.6 is 27.3 Å². The van der Waals surface area contributed by atoms with Crippen LogP contribution in [0.1, 0.15) is 38.0 Å². The number of rotatable bonds is 6. The van der Waals surface area contributed by atoms with Gasteiger partial charge in [0.2, 0.25) is 17.7 Å². The first-order chi connectivity index (χ1) is 12.8. The molecule has 1 aromatic rings. The lowest BCUT2D eigenvalue weighted by Crippen LogP contribution is -2.50. The van der Waals surface area contributed by atoms with Crippen molar-refractivity contribution in [3.63, 3.8) is 0 Å². The van der Waals surface area contributed by atoms with Crippen molar-refractivity contribution in [2.45, 2.75) is 45.7 Å². The fourth-order valence-electron chi connectivity index (χ4n) is 3.90. The maximum atomic E-state index is 13.2. The van der Waals surface area contributed by atoms with Gasteiger partial charge < -0.3 is 4.90 Å². The number of allylic oxidation sites excluding steroid dienone is 2. The van der Waals surface area contributed by atoms with Crippen molar-refractivity contribution in [2.75, 3.05) is 7.05 Å². The molecule has 146 valence electrons. The smallest absolute Gasteiger partial charge is 0.245 e. The maximum Gasteiger partial charge on any atom is 0.245 e. The van der Waals surface area contributed by atoms with Gasteiger partial charge in [0.1, 0.15) is 6.04 Å². The SMILES string of the molecule is CC(C)CC(C(=O)N(C)Cc1ccc(Br)s1)N1C(=O)C2CC=CCC2C1=O. The molecule has 1 saturated heterocycles. The Morgan fingerprint density at radius 2 is 1.81 bits per heavy atom. The summed E-state index contributed by atoms with van der Waals surface area (Å²) in [5.41, 5.74) is 0. The average Bonchev–Trinajstić information content (AvgIpc) is 3.14. The van der Waals surface area contributed by atoms with Crippen LogP contribution in [0.15, 0.2) is 28.1 Å². The van der Waals surface area contributed by atoms with E-state index in [0.717, 1.165) is 8.66 Å². The van der Waals surface area contributed by atoms with Gasteiger partial charge in [0, 0.05) is 11.9 Å². The summed E-state index contributed by atoms with van der Waals surface area (Å²) >= 11 is 5.01. The first-order valence-corrected chi connectivity index (χ1v) is 10.9. The zero-order valence-electron chi connectivity index (χ0n) is 15.9. The normalized spacial score (nSPS) is 23.1. The monoisotopic (exact) mass is 452 g/mol. The van der Waals surface area contributed by atoms with Crippen molar-refractivity contribution in [3.8, 4) is 0 Å². The number of carbonyl (C=O) groups excluding carboxylic acids is 3. The number of likely N-dealkylation sites (N-methyl/N-ethyl adjacent to an activating group) is 1. The highest BCUT2D eigenvalue weighted by Crippen LogP contribution is 2.37. The van der Waals surface area contributed by atoms with E-state index in [-0.39, 0.29) is 35.5 Å². The molecule has 3 amide bonds. The van der Waals surface area contributed by atoms with Gasteiger partial charge in [0.05, 0.1) is 22.2 Å². The topological polar surface area (TPSA) is 57.7 Å². The molecule has 0 N–H and O–H groups in total. The highest BCUT2D eigenvalue weighted by atomic mass is 79.9. The van der Waals surface area contributed by atoms with Gasteiger partial charge in [-0.25, -0.2) is 0 Å². The predicted octanol–water partition coefficient (Wildman–Crippen LogP) is 3.83. The Morgan fingerprint density at radius 3 is 2.30 bits per heavy atom. The zero-order chi connectivity index (χ0) is 19.7. The molecule has 1 fully saturated rings. The van der Waals surface area contributed by atoms with E-state index in [1.54, 1.807) is 23.3 Å². The third kappa shape index (κ3) is 4.19.